The van der Waals surface area contributed by atoms with E-state index >= 15 is 0 Å². The Bertz CT molecular complexity index is 558. The van der Waals surface area contributed by atoms with Gasteiger partial charge < -0.3 is 10.3 Å². The standard InChI is InChI=1S/C15H21N3/c1-10-6-5-9-13(11(10)2)18-14-8-4-3-7-12(14)17-15(18)16/h3-4,7-8,10-11,13H,5-6,9H2,1-2H3,(H2,16,17). The average molecular weight is 243 g/mol. The van der Waals surface area contributed by atoms with Crippen molar-refractivity contribution in [2.75, 3.05) is 5.73 Å². The highest BCUT2D eigenvalue weighted by Gasteiger charge is 2.30. The highest BCUT2D eigenvalue weighted by atomic mass is 15.2. The van der Waals surface area contributed by atoms with Gasteiger partial charge in [0.05, 0.1) is 11.0 Å². The van der Waals surface area contributed by atoms with Crippen LogP contribution in [0.15, 0.2) is 24.3 Å². The Morgan fingerprint density at radius 3 is 2.83 bits per heavy atom. The molecule has 1 aliphatic rings. The molecule has 1 heterocycles. The maximum absolute atomic E-state index is 6.14. The third-order valence-electron chi connectivity index (χ3n) is 4.62. The molecule has 0 bridgehead atoms. The van der Waals surface area contributed by atoms with E-state index in [9.17, 15) is 0 Å². The molecule has 1 fully saturated rings. The molecule has 0 spiro atoms. The lowest BCUT2D eigenvalue weighted by atomic mass is 9.78. The first-order chi connectivity index (χ1) is 8.68. The van der Waals surface area contributed by atoms with E-state index in [1.807, 2.05) is 12.1 Å². The Kier molecular flexibility index (Phi) is 2.77. The van der Waals surface area contributed by atoms with E-state index in [4.69, 9.17) is 5.73 Å². The molecule has 3 atom stereocenters. The van der Waals surface area contributed by atoms with Crippen molar-refractivity contribution in [3.63, 3.8) is 0 Å². The molecule has 3 nitrogen and oxygen atoms in total. The maximum atomic E-state index is 6.14. The van der Waals surface area contributed by atoms with Crippen molar-refractivity contribution < 1.29 is 0 Å². The first-order valence-electron chi connectivity index (χ1n) is 6.91. The Labute approximate surface area is 108 Å². The van der Waals surface area contributed by atoms with Crippen LogP contribution < -0.4 is 5.73 Å². The molecule has 1 saturated carbocycles. The zero-order valence-electron chi connectivity index (χ0n) is 11.1. The van der Waals surface area contributed by atoms with Crippen molar-refractivity contribution >= 4 is 17.0 Å². The first-order valence-corrected chi connectivity index (χ1v) is 6.91. The predicted octanol–water partition coefficient (Wildman–Crippen LogP) is 3.62. The summed E-state index contributed by atoms with van der Waals surface area (Å²) in [5, 5.41) is 0. The second-order valence-corrected chi connectivity index (χ2v) is 5.66. The number of benzene rings is 1. The van der Waals surface area contributed by atoms with Crippen LogP contribution in [0.2, 0.25) is 0 Å². The lowest BCUT2D eigenvalue weighted by molar-refractivity contribution is 0.191. The molecule has 0 aliphatic heterocycles. The van der Waals surface area contributed by atoms with E-state index in [0.717, 1.165) is 11.4 Å². The van der Waals surface area contributed by atoms with Gasteiger partial charge in [-0.1, -0.05) is 38.8 Å². The summed E-state index contributed by atoms with van der Waals surface area (Å²) in [7, 11) is 0. The summed E-state index contributed by atoms with van der Waals surface area (Å²) >= 11 is 0. The Balaban J connectivity index is 2.10. The van der Waals surface area contributed by atoms with Crippen molar-refractivity contribution in [1.82, 2.24) is 9.55 Å². The lowest BCUT2D eigenvalue weighted by Crippen LogP contribution is -2.27. The van der Waals surface area contributed by atoms with Crippen molar-refractivity contribution in [3.8, 4) is 0 Å². The van der Waals surface area contributed by atoms with E-state index in [0.29, 0.717) is 17.9 Å². The number of rotatable bonds is 1. The topological polar surface area (TPSA) is 43.8 Å². The third kappa shape index (κ3) is 1.69. The van der Waals surface area contributed by atoms with Gasteiger partial charge in [0.1, 0.15) is 0 Å². The summed E-state index contributed by atoms with van der Waals surface area (Å²) in [5.41, 5.74) is 8.34. The Morgan fingerprint density at radius 2 is 2.00 bits per heavy atom. The van der Waals surface area contributed by atoms with Gasteiger partial charge in [0.15, 0.2) is 0 Å². The number of nitrogens with two attached hydrogens (primary N) is 1. The van der Waals surface area contributed by atoms with Crippen LogP contribution in [0.3, 0.4) is 0 Å². The van der Waals surface area contributed by atoms with Gasteiger partial charge in [-0.2, -0.15) is 0 Å². The molecule has 96 valence electrons. The molecule has 1 aromatic carbocycles. The highest BCUT2D eigenvalue weighted by molar-refractivity contribution is 5.78. The molecule has 1 aromatic heterocycles. The number of hydrogen-bond donors (Lipinski definition) is 1. The van der Waals surface area contributed by atoms with E-state index in [1.54, 1.807) is 0 Å². The zero-order chi connectivity index (χ0) is 12.7. The third-order valence-corrected chi connectivity index (χ3v) is 4.62. The minimum Gasteiger partial charge on any atom is -0.369 e. The normalized spacial score (nSPS) is 28.7. The molecule has 2 aromatic rings. The second-order valence-electron chi connectivity index (χ2n) is 5.66. The van der Waals surface area contributed by atoms with Crippen molar-refractivity contribution in [1.29, 1.82) is 0 Å². The molecule has 3 heteroatoms. The molecular weight excluding hydrogens is 222 g/mol. The molecule has 3 rings (SSSR count). The summed E-state index contributed by atoms with van der Waals surface area (Å²) in [6.45, 7) is 4.70. The summed E-state index contributed by atoms with van der Waals surface area (Å²) in [6.07, 6.45) is 3.85. The fourth-order valence-corrected chi connectivity index (χ4v) is 3.33. The largest absolute Gasteiger partial charge is 0.369 e. The van der Waals surface area contributed by atoms with Crippen molar-refractivity contribution in [2.45, 2.75) is 39.2 Å². The number of nitrogens with zero attached hydrogens (tertiary/aromatic N) is 2. The number of anilines is 1. The van der Waals surface area contributed by atoms with Crippen LogP contribution in [-0.4, -0.2) is 9.55 Å². The molecule has 0 radical (unpaired) electrons. The maximum Gasteiger partial charge on any atom is 0.201 e. The van der Waals surface area contributed by atoms with Crippen molar-refractivity contribution in [2.24, 2.45) is 11.8 Å². The molecule has 3 unspecified atom stereocenters. The highest BCUT2D eigenvalue weighted by Crippen LogP contribution is 2.40. The Hall–Kier alpha value is -1.51. The number of aromatic nitrogens is 2. The van der Waals surface area contributed by atoms with Crippen LogP contribution in [0.4, 0.5) is 5.95 Å². The smallest absolute Gasteiger partial charge is 0.201 e. The zero-order valence-corrected chi connectivity index (χ0v) is 11.1. The molecule has 0 amide bonds. The van der Waals surface area contributed by atoms with Crippen molar-refractivity contribution in [3.05, 3.63) is 24.3 Å². The van der Waals surface area contributed by atoms with Gasteiger partial charge in [-0.15, -0.1) is 0 Å². The van der Waals surface area contributed by atoms with E-state index < -0.39 is 0 Å². The number of hydrogen-bond acceptors (Lipinski definition) is 2. The number of fused-ring (bicyclic) bond motifs is 1. The monoisotopic (exact) mass is 243 g/mol. The lowest BCUT2D eigenvalue weighted by Gasteiger charge is -2.35. The van der Waals surface area contributed by atoms with Crippen LogP contribution in [0.1, 0.15) is 39.2 Å². The molecule has 2 N–H and O–H groups in total. The molecular formula is C15H21N3. The summed E-state index contributed by atoms with van der Waals surface area (Å²) < 4.78 is 2.26. The van der Waals surface area contributed by atoms with Gasteiger partial charge in [0.2, 0.25) is 5.95 Å². The predicted molar refractivity (Wildman–Crippen MR) is 75.4 cm³/mol. The summed E-state index contributed by atoms with van der Waals surface area (Å²) in [5.74, 6) is 2.10. The SMILES string of the molecule is CC1CCCC(n2c(N)nc3ccccc32)C1C. The van der Waals surface area contributed by atoms with Crippen LogP contribution in [0, 0.1) is 11.8 Å². The van der Waals surface area contributed by atoms with Gasteiger partial charge in [-0.3, -0.25) is 0 Å². The van der Waals surface area contributed by atoms with Crippen LogP contribution in [-0.2, 0) is 0 Å². The number of imidazole rings is 1. The Morgan fingerprint density at radius 1 is 1.22 bits per heavy atom. The number of nitrogen functional groups attached to an aromatic ring is 1. The minimum absolute atomic E-state index is 0.501. The van der Waals surface area contributed by atoms with E-state index in [-0.39, 0.29) is 0 Å². The second kappa shape index (κ2) is 4.30. The molecule has 0 saturated heterocycles. The minimum atomic E-state index is 0.501. The fraction of sp³-hybridized carbons (Fsp3) is 0.533. The van der Waals surface area contributed by atoms with Gasteiger partial charge in [-0.05, 0) is 30.4 Å². The number of para-hydroxylation sites is 2. The summed E-state index contributed by atoms with van der Waals surface area (Å²) in [4.78, 5) is 4.49. The van der Waals surface area contributed by atoms with E-state index in [2.05, 4.69) is 35.5 Å². The van der Waals surface area contributed by atoms with E-state index in [1.165, 1.54) is 24.8 Å². The average Bonchev–Trinajstić information content (AvgIpc) is 2.69. The van der Waals surface area contributed by atoms with Gasteiger partial charge >= 0.3 is 0 Å². The van der Waals surface area contributed by atoms with Crippen LogP contribution >= 0.6 is 0 Å². The molecule has 18 heavy (non-hydrogen) atoms. The van der Waals surface area contributed by atoms with Gasteiger partial charge in [0, 0.05) is 6.04 Å². The summed E-state index contributed by atoms with van der Waals surface area (Å²) in [6, 6.07) is 8.76. The first kappa shape index (κ1) is 11.6. The van der Waals surface area contributed by atoms with Gasteiger partial charge in [-0.25, -0.2) is 4.98 Å². The molecule has 1 aliphatic carbocycles. The van der Waals surface area contributed by atoms with Gasteiger partial charge in [0.25, 0.3) is 0 Å². The van der Waals surface area contributed by atoms with Crippen LogP contribution in [0.5, 0.6) is 0 Å². The van der Waals surface area contributed by atoms with Crippen LogP contribution in [0.25, 0.3) is 11.0 Å². The fourth-order valence-electron chi connectivity index (χ4n) is 3.33. The quantitative estimate of drug-likeness (QED) is 0.831.